The normalized spacial score (nSPS) is 6.41. The van der Waals surface area contributed by atoms with E-state index in [0.29, 0.717) is 0 Å². The van der Waals surface area contributed by atoms with Gasteiger partial charge >= 0.3 is 33.9 Å². The molecule has 0 aromatic heterocycles. The summed E-state index contributed by atoms with van der Waals surface area (Å²) in [6, 6.07) is 10.2. The quantitative estimate of drug-likeness (QED) is 0.588. The van der Waals surface area contributed by atoms with E-state index in [1.165, 1.54) is 5.56 Å². The van der Waals surface area contributed by atoms with Crippen LogP contribution in [0.1, 0.15) is 12.5 Å². The minimum atomic E-state index is 0. The monoisotopic (exact) mass is 274 g/mol. The van der Waals surface area contributed by atoms with E-state index in [4.69, 9.17) is 14.0 Å². The summed E-state index contributed by atoms with van der Waals surface area (Å²) in [5.41, 5.74) is 1.22. The van der Waals surface area contributed by atoms with Crippen molar-refractivity contribution in [1.82, 2.24) is 0 Å². The maximum atomic E-state index is 7.50. The van der Waals surface area contributed by atoms with Crippen molar-refractivity contribution < 1.29 is 30.7 Å². The molecular weight excluding hydrogens is 263 g/mol. The molecule has 0 amide bonds. The first-order valence-electron chi connectivity index (χ1n) is 3.95. The Balaban J connectivity index is -0.000000106. The third kappa shape index (κ3) is 20.9. The smallest absolute Gasteiger partial charge is 0 e. The van der Waals surface area contributed by atoms with Crippen LogP contribution >= 0.6 is 0 Å². The number of hydrogen-bond acceptors (Lipinski definition) is 0. The molecule has 4 heteroatoms. The van der Waals surface area contributed by atoms with E-state index in [9.17, 15) is 0 Å². The first-order valence-corrected chi connectivity index (χ1v) is 3.95. The maximum Gasteiger partial charge on any atom is 0 e. The molecule has 0 N–H and O–H groups in total. The van der Waals surface area contributed by atoms with E-state index >= 15 is 0 Å². The van der Waals surface area contributed by atoms with E-state index in [2.05, 4.69) is 45.4 Å². The van der Waals surface area contributed by atoms with Gasteiger partial charge in [0.25, 0.3) is 0 Å². The van der Waals surface area contributed by atoms with Gasteiger partial charge in [-0.25, -0.2) is 0 Å². The fourth-order valence-electron chi connectivity index (χ4n) is 0.834. The third-order valence-electron chi connectivity index (χ3n) is 1.21. The van der Waals surface area contributed by atoms with Gasteiger partial charge in [-0.15, -0.1) is 0 Å². The Morgan fingerprint density at radius 2 is 1.35 bits per heavy atom. The topological polar surface area (TPSA) is 59.7 Å². The molecule has 4 radical (unpaired) electrons. The third-order valence-corrected chi connectivity index (χ3v) is 1.21. The van der Waals surface area contributed by atoms with Gasteiger partial charge in [0, 0.05) is 16.8 Å². The SMILES string of the molecule is [C-]#[O+].[C-]#[O+].[C-]#[O+].[CH2][C](C)[CH]c1ccccc1.[Co]. The molecule has 0 fully saturated rings. The van der Waals surface area contributed by atoms with Crippen molar-refractivity contribution in [1.29, 1.82) is 0 Å². The fraction of sp³-hybridized carbons (Fsp3) is 0.0769. The van der Waals surface area contributed by atoms with Crippen molar-refractivity contribution in [2.75, 3.05) is 0 Å². The molecule has 1 aromatic rings. The molecule has 0 bridgehead atoms. The van der Waals surface area contributed by atoms with Gasteiger partial charge < -0.3 is 0 Å². The van der Waals surface area contributed by atoms with Gasteiger partial charge in [-0.2, -0.15) is 0 Å². The average molecular weight is 274 g/mol. The van der Waals surface area contributed by atoms with Gasteiger partial charge in [-0.05, 0) is 24.8 Å². The number of hydrogen-bond donors (Lipinski definition) is 0. The zero-order valence-corrected chi connectivity index (χ0v) is 10.3. The Kier molecular flexibility index (Phi) is 35.6. The second-order valence-corrected chi connectivity index (χ2v) is 2.40. The van der Waals surface area contributed by atoms with Crippen LogP contribution in [0, 0.1) is 39.2 Å². The van der Waals surface area contributed by atoms with E-state index in [1.54, 1.807) is 0 Å². The molecule has 0 aliphatic heterocycles. The molecule has 0 aliphatic carbocycles. The first-order chi connectivity index (χ1) is 7.79. The Morgan fingerprint density at radius 3 is 1.65 bits per heavy atom. The molecule has 0 spiro atoms. The summed E-state index contributed by atoms with van der Waals surface area (Å²) in [7, 11) is 0. The van der Waals surface area contributed by atoms with Crippen LogP contribution < -0.4 is 0 Å². The molecular formula is C13H11CoO3. The van der Waals surface area contributed by atoms with Crippen LogP contribution in [0.2, 0.25) is 0 Å². The fourth-order valence-corrected chi connectivity index (χ4v) is 0.834. The van der Waals surface area contributed by atoms with Crippen molar-refractivity contribution >= 4 is 0 Å². The van der Waals surface area contributed by atoms with Crippen LogP contribution in [0.3, 0.4) is 0 Å². The van der Waals surface area contributed by atoms with Gasteiger partial charge in [-0.1, -0.05) is 37.3 Å². The first kappa shape index (κ1) is 25.0. The average Bonchev–Trinajstić information content (AvgIpc) is 2.37. The number of rotatable bonds is 2. The van der Waals surface area contributed by atoms with Gasteiger partial charge in [0.2, 0.25) is 0 Å². The van der Waals surface area contributed by atoms with Crippen LogP contribution in [-0.4, -0.2) is 0 Å². The van der Waals surface area contributed by atoms with Crippen LogP contribution in [0.25, 0.3) is 0 Å². The minimum absolute atomic E-state index is 0. The minimum Gasteiger partial charge on any atom is -0.0622 e. The van der Waals surface area contributed by atoms with Crippen LogP contribution in [0.5, 0.6) is 0 Å². The zero-order valence-electron chi connectivity index (χ0n) is 9.23. The molecule has 1 rings (SSSR count). The van der Waals surface area contributed by atoms with Crippen molar-refractivity contribution in [3.05, 3.63) is 75.1 Å². The predicted octanol–water partition coefficient (Wildman–Crippen LogP) is 2.55. The van der Waals surface area contributed by atoms with Crippen LogP contribution in [0.4, 0.5) is 0 Å². The predicted molar refractivity (Wildman–Crippen MR) is 55.9 cm³/mol. The van der Waals surface area contributed by atoms with Gasteiger partial charge in [0.05, 0.1) is 0 Å². The van der Waals surface area contributed by atoms with Gasteiger partial charge in [-0.3, -0.25) is 0 Å². The van der Waals surface area contributed by atoms with Crippen molar-refractivity contribution in [3.8, 4) is 0 Å². The van der Waals surface area contributed by atoms with E-state index in [-0.39, 0.29) is 16.8 Å². The Labute approximate surface area is 113 Å². The van der Waals surface area contributed by atoms with Crippen molar-refractivity contribution in [3.63, 3.8) is 0 Å². The van der Waals surface area contributed by atoms with E-state index in [0.717, 1.165) is 5.92 Å². The molecule has 17 heavy (non-hydrogen) atoms. The summed E-state index contributed by atoms with van der Waals surface area (Å²) in [6.07, 6.45) is 2.06. The molecule has 0 atom stereocenters. The molecule has 0 saturated carbocycles. The second-order valence-electron chi connectivity index (χ2n) is 2.40. The second kappa shape index (κ2) is 24.3. The molecule has 90 valence electrons. The summed E-state index contributed by atoms with van der Waals surface area (Å²) >= 11 is 0. The Bertz CT molecular complexity index is 274. The maximum absolute atomic E-state index is 7.50. The van der Waals surface area contributed by atoms with Crippen molar-refractivity contribution in [2.45, 2.75) is 6.92 Å². The van der Waals surface area contributed by atoms with Gasteiger partial charge in [0.15, 0.2) is 0 Å². The number of benzene rings is 1. The van der Waals surface area contributed by atoms with E-state index in [1.807, 2.05) is 25.1 Å². The molecule has 3 nitrogen and oxygen atoms in total. The largest absolute Gasteiger partial charge is 0.0622 e. The summed E-state index contributed by atoms with van der Waals surface area (Å²) in [5.74, 6) is 1.09. The van der Waals surface area contributed by atoms with Crippen LogP contribution in [0.15, 0.2) is 30.3 Å². The molecule has 0 aliphatic rings. The Hall–Kier alpha value is -1.05. The molecule has 0 unspecified atom stereocenters. The summed E-state index contributed by atoms with van der Waals surface area (Å²) in [5, 5.41) is 0. The molecule has 0 saturated heterocycles. The summed E-state index contributed by atoms with van der Waals surface area (Å²) in [6.45, 7) is 19.3. The molecule has 0 heterocycles. The standard InChI is InChI=1S/C10H11.3CO.Co/c1-9(2)8-10-6-4-3-5-7-10;3*1-2;/h3-8H,1H2,2H3;;;;. The zero-order chi connectivity index (χ0) is 13.4. The van der Waals surface area contributed by atoms with Gasteiger partial charge in [0.1, 0.15) is 0 Å². The summed E-state index contributed by atoms with van der Waals surface area (Å²) < 4.78 is 22.5. The molecule has 1 aromatic carbocycles. The van der Waals surface area contributed by atoms with Crippen LogP contribution in [-0.2, 0) is 30.7 Å². The Morgan fingerprint density at radius 1 is 1.00 bits per heavy atom. The van der Waals surface area contributed by atoms with Crippen molar-refractivity contribution in [2.24, 2.45) is 0 Å². The summed E-state index contributed by atoms with van der Waals surface area (Å²) in [4.78, 5) is 0. The van der Waals surface area contributed by atoms with E-state index < -0.39 is 0 Å².